The van der Waals surface area contributed by atoms with Gasteiger partial charge in [0.05, 0.1) is 0 Å². The summed E-state index contributed by atoms with van der Waals surface area (Å²) in [6.07, 6.45) is 5.27. The lowest BCUT2D eigenvalue weighted by Crippen LogP contribution is -2.35. The molecule has 0 unspecified atom stereocenters. The minimum atomic E-state index is -0.133. The van der Waals surface area contributed by atoms with Gasteiger partial charge in [-0.15, -0.1) is 0 Å². The normalized spacial score (nSPS) is 22.5. The number of nitrogens with zero attached hydrogens (tertiary/aromatic N) is 1. The quantitative estimate of drug-likeness (QED) is 0.578. The van der Waals surface area contributed by atoms with Gasteiger partial charge >= 0.3 is 6.09 Å². The van der Waals surface area contributed by atoms with Crippen molar-refractivity contribution in [1.29, 1.82) is 0 Å². The molecule has 2 aliphatic rings. The highest BCUT2D eigenvalue weighted by Crippen LogP contribution is 2.24. The molecular formula is C10H15NO2. The molecule has 1 fully saturated rings. The topological polar surface area (TPSA) is 29.5 Å². The van der Waals surface area contributed by atoms with Gasteiger partial charge < -0.3 is 9.64 Å². The molecule has 0 saturated heterocycles. The SMILES string of the molecule is CC1=CCN(C(=O)OC2CC2)CC1. The molecule has 1 aliphatic heterocycles. The highest BCUT2D eigenvalue weighted by molar-refractivity contribution is 5.68. The third-order valence-electron chi connectivity index (χ3n) is 2.49. The summed E-state index contributed by atoms with van der Waals surface area (Å²) in [6, 6.07) is 0. The van der Waals surface area contributed by atoms with E-state index in [1.807, 2.05) is 0 Å². The number of hydrogen-bond donors (Lipinski definition) is 0. The Labute approximate surface area is 78.4 Å². The predicted octanol–water partition coefficient (Wildman–Crippen LogP) is 1.94. The van der Waals surface area contributed by atoms with Crippen molar-refractivity contribution in [3.63, 3.8) is 0 Å². The molecule has 72 valence electrons. The smallest absolute Gasteiger partial charge is 0.410 e. The molecule has 3 nitrogen and oxygen atoms in total. The summed E-state index contributed by atoms with van der Waals surface area (Å²) >= 11 is 0. The van der Waals surface area contributed by atoms with Crippen molar-refractivity contribution >= 4 is 6.09 Å². The van der Waals surface area contributed by atoms with Gasteiger partial charge in [-0.3, -0.25) is 0 Å². The van der Waals surface area contributed by atoms with Gasteiger partial charge in [0.2, 0.25) is 0 Å². The minimum Gasteiger partial charge on any atom is -0.446 e. The molecule has 1 amide bonds. The summed E-state index contributed by atoms with van der Waals surface area (Å²) in [6.45, 7) is 3.63. The van der Waals surface area contributed by atoms with Crippen LogP contribution in [0, 0.1) is 0 Å². The summed E-state index contributed by atoms with van der Waals surface area (Å²) in [4.78, 5) is 13.2. The Balaban J connectivity index is 1.83. The van der Waals surface area contributed by atoms with Gasteiger partial charge in [-0.05, 0) is 26.2 Å². The number of amides is 1. The lowest BCUT2D eigenvalue weighted by molar-refractivity contribution is 0.0987. The molecule has 0 atom stereocenters. The van der Waals surface area contributed by atoms with Crippen LogP contribution < -0.4 is 0 Å². The standard InChI is InChI=1S/C10H15NO2/c1-8-4-6-11(7-5-8)10(12)13-9-2-3-9/h4,9H,2-3,5-7H2,1H3. The average molecular weight is 181 g/mol. The molecule has 2 rings (SSSR count). The molecule has 0 bridgehead atoms. The van der Waals surface area contributed by atoms with E-state index in [1.54, 1.807) is 4.90 Å². The number of hydrogen-bond acceptors (Lipinski definition) is 2. The molecule has 1 aliphatic carbocycles. The monoisotopic (exact) mass is 181 g/mol. The lowest BCUT2D eigenvalue weighted by atomic mass is 10.1. The lowest BCUT2D eigenvalue weighted by Gasteiger charge is -2.24. The Morgan fingerprint density at radius 2 is 2.38 bits per heavy atom. The summed E-state index contributed by atoms with van der Waals surface area (Å²) in [5.74, 6) is 0. The van der Waals surface area contributed by atoms with E-state index in [0.29, 0.717) is 0 Å². The Hall–Kier alpha value is -0.990. The van der Waals surface area contributed by atoms with Gasteiger partial charge in [-0.25, -0.2) is 4.79 Å². The van der Waals surface area contributed by atoms with Gasteiger partial charge in [0.25, 0.3) is 0 Å². The molecule has 0 aromatic heterocycles. The zero-order chi connectivity index (χ0) is 9.26. The third-order valence-corrected chi connectivity index (χ3v) is 2.49. The van der Waals surface area contributed by atoms with Crippen LogP contribution >= 0.6 is 0 Å². The summed E-state index contributed by atoms with van der Waals surface area (Å²) in [7, 11) is 0. The van der Waals surface area contributed by atoms with Crippen LogP contribution in [0.2, 0.25) is 0 Å². The second-order valence-electron chi connectivity index (χ2n) is 3.83. The molecule has 3 heteroatoms. The summed E-state index contributed by atoms with van der Waals surface area (Å²) < 4.78 is 5.19. The van der Waals surface area contributed by atoms with Crippen LogP contribution in [0.25, 0.3) is 0 Å². The molecule has 0 radical (unpaired) electrons. The number of carbonyl (C=O) groups excluding carboxylic acids is 1. The van der Waals surface area contributed by atoms with Crippen LogP contribution in [-0.4, -0.2) is 30.2 Å². The first-order valence-electron chi connectivity index (χ1n) is 4.87. The van der Waals surface area contributed by atoms with Crippen LogP contribution in [0.5, 0.6) is 0 Å². The number of ether oxygens (including phenoxy) is 1. The van der Waals surface area contributed by atoms with E-state index in [4.69, 9.17) is 4.74 Å². The van der Waals surface area contributed by atoms with E-state index in [-0.39, 0.29) is 12.2 Å². The fourth-order valence-electron chi connectivity index (χ4n) is 1.34. The van der Waals surface area contributed by atoms with Gasteiger partial charge in [0, 0.05) is 13.1 Å². The van der Waals surface area contributed by atoms with Crippen LogP contribution in [0.4, 0.5) is 4.79 Å². The van der Waals surface area contributed by atoms with E-state index in [2.05, 4.69) is 13.0 Å². The van der Waals surface area contributed by atoms with Crippen LogP contribution in [0.1, 0.15) is 26.2 Å². The van der Waals surface area contributed by atoms with Crippen molar-refractivity contribution in [3.8, 4) is 0 Å². The Bertz CT molecular complexity index is 243. The van der Waals surface area contributed by atoms with E-state index in [9.17, 15) is 4.79 Å². The largest absolute Gasteiger partial charge is 0.446 e. The zero-order valence-corrected chi connectivity index (χ0v) is 7.95. The highest BCUT2D eigenvalue weighted by atomic mass is 16.6. The first-order chi connectivity index (χ1) is 6.25. The molecule has 1 saturated carbocycles. The van der Waals surface area contributed by atoms with Gasteiger partial charge in [0.15, 0.2) is 0 Å². The van der Waals surface area contributed by atoms with Crippen molar-refractivity contribution < 1.29 is 9.53 Å². The van der Waals surface area contributed by atoms with E-state index < -0.39 is 0 Å². The second-order valence-corrected chi connectivity index (χ2v) is 3.83. The first kappa shape index (κ1) is 8.60. The Kier molecular flexibility index (Phi) is 2.25. The van der Waals surface area contributed by atoms with Crippen molar-refractivity contribution in [3.05, 3.63) is 11.6 Å². The molecule has 1 heterocycles. The van der Waals surface area contributed by atoms with Crippen LogP contribution in [0.15, 0.2) is 11.6 Å². The second kappa shape index (κ2) is 3.40. The van der Waals surface area contributed by atoms with Crippen molar-refractivity contribution in [1.82, 2.24) is 4.90 Å². The maximum atomic E-state index is 11.4. The van der Waals surface area contributed by atoms with Crippen LogP contribution in [-0.2, 0) is 4.74 Å². The summed E-state index contributed by atoms with van der Waals surface area (Å²) in [5.41, 5.74) is 1.37. The molecule has 13 heavy (non-hydrogen) atoms. The molecule has 0 aromatic rings. The van der Waals surface area contributed by atoms with Crippen molar-refractivity contribution in [2.24, 2.45) is 0 Å². The molecule has 0 N–H and O–H groups in total. The molecular weight excluding hydrogens is 166 g/mol. The fraction of sp³-hybridized carbons (Fsp3) is 0.700. The van der Waals surface area contributed by atoms with Gasteiger partial charge in [-0.2, -0.15) is 0 Å². The molecule has 0 spiro atoms. The highest BCUT2D eigenvalue weighted by Gasteiger charge is 2.28. The maximum Gasteiger partial charge on any atom is 0.410 e. The van der Waals surface area contributed by atoms with Crippen LogP contribution in [0.3, 0.4) is 0 Å². The Morgan fingerprint density at radius 3 is 2.92 bits per heavy atom. The van der Waals surface area contributed by atoms with Gasteiger partial charge in [-0.1, -0.05) is 11.6 Å². The van der Waals surface area contributed by atoms with Crippen molar-refractivity contribution in [2.45, 2.75) is 32.3 Å². The average Bonchev–Trinajstić information content (AvgIpc) is 2.89. The minimum absolute atomic E-state index is 0.133. The number of rotatable bonds is 1. The van der Waals surface area contributed by atoms with E-state index in [0.717, 1.165) is 32.4 Å². The number of carbonyl (C=O) groups is 1. The molecule has 0 aromatic carbocycles. The first-order valence-corrected chi connectivity index (χ1v) is 4.87. The fourth-order valence-corrected chi connectivity index (χ4v) is 1.34. The van der Waals surface area contributed by atoms with E-state index in [1.165, 1.54) is 5.57 Å². The summed E-state index contributed by atoms with van der Waals surface area (Å²) in [5, 5.41) is 0. The maximum absolute atomic E-state index is 11.4. The van der Waals surface area contributed by atoms with E-state index >= 15 is 0 Å². The zero-order valence-electron chi connectivity index (χ0n) is 7.95. The predicted molar refractivity (Wildman–Crippen MR) is 49.5 cm³/mol. The third kappa shape index (κ3) is 2.23. The van der Waals surface area contributed by atoms with Crippen molar-refractivity contribution in [2.75, 3.05) is 13.1 Å². The van der Waals surface area contributed by atoms with Gasteiger partial charge in [0.1, 0.15) is 6.10 Å². The Morgan fingerprint density at radius 1 is 1.62 bits per heavy atom.